The molecule has 66 heavy (non-hydrogen) atoms. The number of hydrogen-bond donors (Lipinski definition) is 0. The molecule has 0 saturated heterocycles. The summed E-state index contributed by atoms with van der Waals surface area (Å²) in [5.74, 6) is 0. The van der Waals surface area contributed by atoms with Crippen molar-refractivity contribution in [1.82, 2.24) is 0 Å². The Balaban J connectivity index is 1.05. The summed E-state index contributed by atoms with van der Waals surface area (Å²) in [4.78, 5) is 0. The Morgan fingerprint density at radius 3 is 0.879 bits per heavy atom. The van der Waals surface area contributed by atoms with Crippen molar-refractivity contribution >= 4 is 77.2 Å². The molecule has 0 spiro atoms. The van der Waals surface area contributed by atoms with E-state index >= 15 is 0 Å². The van der Waals surface area contributed by atoms with Crippen molar-refractivity contribution in [3.63, 3.8) is 0 Å². The van der Waals surface area contributed by atoms with Gasteiger partial charge in [-0.15, -0.1) is 0 Å². The highest BCUT2D eigenvalue weighted by Gasteiger charge is 2.18. The van der Waals surface area contributed by atoms with E-state index < -0.39 is 0 Å². The third-order valence-corrected chi connectivity index (χ3v) is 13.2. The minimum atomic E-state index is 1.17. The fraction of sp³-hybridized carbons (Fsp3) is 0. The maximum Gasteiger partial charge on any atom is -0.00137 e. The highest BCUT2D eigenvalue weighted by molar-refractivity contribution is 6.39. The Hall–Kier alpha value is -8.58. The van der Waals surface area contributed by atoms with Crippen LogP contribution in [-0.4, -0.2) is 0 Å². The van der Waals surface area contributed by atoms with Crippen LogP contribution in [0.25, 0.3) is 99.4 Å². The summed E-state index contributed by atoms with van der Waals surface area (Å²) >= 11 is 0. The van der Waals surface area contributed by atoms with Gasteiger partial charge in [0, 0.05) is 0 Å². The molecule has 12 aromatic carbocycles. The molecule has 12 rings (SSSR count). The molecule has 0 atom stereocenters. The van der Waals surface area contributed by atoms with Crippen molar-refractivity contribution in [1.29, 1.82) is 0 Å². The second-order valence-corrected chi connectivity index (χ2v) is 17.2. The van der Waals surface area contributed by atoms with Crippen molar-refractivity contribution in [2.45, 2.75) is 0 Å². The standard InChI is InChI=1S/C66H44/c1-5-21-47(22-6-1)61(48-23-7-2-8-24-48)41-45-19-17-29-51(39-45)53-35-37-57-55-31-13-16-34-60(55)66-64-44-54(36-38-58(64)56-32-14-15-33-59(56)65(66)63(57)43-53)52-30-18-20-46(40-52)42-62(49-25-9-3-10-26-49)50-27-11-4-12-28-50/h1-44H. The lowest BCUT2D eigenvalue weighted by Gasteiger charge is -2.18. The Kier molecular flexibility index (Phi) is 9.97. The van der Waals surface area contributed by atoms with Crippen LogP contribution in [-0.2, 0) is 0 Å². The first-order valence-corrected chi connectivity index (χ1v) is 22.8. The van der Waals surface area contributed by atoms with Gasteiger partial charge in [-0.05, 0) is 157 Å². The van der Waals surface area contributed by atoms with Gasteiger partial charge < -0.3 is 0 Å². The van der Waals surface area contributed by atoms with Gasteiger partial charge in [0.1, 0.15) is 0 Å². The smallest absolute Gasteiger partial charge is 0.00137 e. The number of rotatable bonds is 8. The fourth-order valence-corrected chi connectivity index (χ4v) is 10.1. The van der Waals surface area contributed by atoms with Gasteiger partial charge in [-0.3, -0.25) is 0 Å². The first-order valence-electron chi connectivity index (χ1n) is 22.8. The minimum Gasteiger partial charge on any atom is -0.0622 e. The minimum absolute atomic E-state index is 1.17. The molecular formula is C66H44. The summed E-state index contributed by atoms with van der Waals surface area (Å²) in [6, 6.07) is 93.0. The molecule has 0 nitrogen and oxygen atoms in total. The lowest BCUT2D eigenvalue weighted by Crippen LogP contribution is -1.91. The number of benzene rings is 12. The number of fused-ring (bicyclic) bond motifs is 11. The predicted octanol–water partition coefficient (Wildman–Crippen LogP) is 18.0. The molecule has 0 aliphatic rings. The van der Waals surface area contributed by atoms with E-state index in [-0.39, 0.29) is 0 Å². The van der Waals surface area contributed by atoms with Crippen molar-refractivity contribution in [2.75, 3.05) is 0 Å². The Morgan fingerprint density at radius 2 is 0.515 bits per heavy atom. The second-order valence-electron chi connectivity index (χ2n) is 17.2. The van der Waals surface area contributed by atoms with Crippen LogP contribution in [0.15, 0.2) is 255 Å². The van der Waals surface area contributed by atoms with Gasteiger partial charge >= 0.3 is 0 Å². The first kappa shape index (κ1) is 39.0. The van der Waals surface area contributed by atoms with Gasteiger partial charge in [-0.1, -0.05) is 231 Å². The van der Waals surface area contributed by atoms with Crippen LogP contribution in [0.4, 0.5) is 0 Å². The van der Waals surface area contributed by atoms with E-state index in [0.29, 0.717) is 0 Å². The molecule has 0 N–H and O–H groups in total. The predicted molar refractivity (Wildman–Crippen MR) is 285 cm³/mol. The van der Waals surface area contributed by atoms with Crippen molar-refractivity contribution in [2.24, 2.45) is 0 Å². The molecular weight excluding hydrogens is 793 g/mol. The molecule has 0 aliphatic heterocycles. The Morgan fingerprint density at radius 1 is 0.212 bits per heavy atom. The summed E-state index contributed by atoms with van der Waals surface area (Å²) in [6.07, 6.45) is 4.65. The van der Waals surface area contributed by atoms with Crippen molar-refractivity contribution in [3.8, 4) is 22.3 Å². The Labute approximate surface area is 385 Å². The van der Waals surface area contributed by atoms with Gasteiger partial charge in [0.25, 0.3) is 0 Å². The highest BCUT2D eigenvalue weighted by Crippen LogP contribution is 2.46. The molecule has 308 valence electrons. The van der Waals surface area contributed by atoms with E-state index in [1.54, 1.807) is 0 Å². The van der Waals surface area contributed by atoms with Gasteiger partial charge in [-0.2, -0.15) is 0 Å². The molecule has 0 saturated carbocycles. The van der Waals surface area contributed by atoms with E-state index in [4.69, 9.17) is 0 Å². The van der Waals surface area contributed by atoms with E-state index in [0.717, 1.165) is 0 Å². The molecule has 0 heteroatoms. The molecule has 0 aliphatic carbocycles. The highest BCUT2D eigenvalue weighted by atomic mass is 14.2. The zero-order valence-electron chi connectivity index (χ0n) is 36.4. The molecule has 0 radical (unpaired) electrons. The largest absolute Gasteiger partial charge is 0.0622 e. The third kappa shape index (κ3) is 7.16. The van der Waals surface area contributed by atoms with Crippen LogP contribution in [0.5, 0.6) is 0 Å². The maximum atomic E-state index is 2.44. The van der Waals surface area contributed by atoms with E-state index in [9.17, 15) is 0 Å². The van der Waals surface area contributed by atoms with Crippen molar-refractivity contribution < 1.29 is 0 Å². The van der Waals surface area contributed by atoms with Crippen LogP contribution in [0.2, 0.25) is 0 Å². The lowest BCUT2D eigenvalue weighted by molar-refractivity contribution is 1.55. The van der Waals surface area contributed by atoms with Gasteiger partial charge in [0.15, 0.2) is 0 Å². The third-order valence-electron chi connectivity index (χ3n) is 13.2. The lowest BCUT2D eigenvalue weighted by atomic mass is 9.85. The van der Waals surface area contributed by atoms with Crippen LogP contribution in [0.1, 0.15) is 33.4 Å². The molecule has 0 aromatic heterocycles. The average Bonchev–Trinajstić information content (AvgIpc) is 3.40. The first-order chi connectivity index (χ1) is 32.7. The summed E-state index contributed by atoms with van der Waals surface area (Å²) in [5.41, 5.74) is 14.3. The number of hydrogen-bond acceptors (Lipinski definition) is 0. The quantitative estimate of drug-likeness (QED) is 0.106. The normalized spacial score (nSPS) is 11.3. The molecule has 0 bridgehead atoms. The van der Waals surface area contributed by atoms with Crippen LogP contribution < -0.4 is 0 Å². The molecule has 12 aromatic rings. The monoisotopic (exact) mass is 836 g/mol. The van der Waals surface area contributed by atoms with Crippen LogP contribution >= 0.6 is 0 Å². The summed E-state index contributed by atoms with van der Waals surface area (Å²) in [7, 11) is 0. The summed E-state index contributed by atoms with van der Waals surface area (Å²) in [6.45, 7) is 0. The zero-order chi connectivity index (χ0) is 43.8. The Bertz CT molecular complexity index is 3480. The second kappa shape index (κ2) is 16.8. The molecule has 0 amide bonds. The van der Waals surface area contributed by atoms with E-state index in [1.807, 2.05) is 0 Å². The van der Waals surface area contributed by atoms with Crippen LogP contribution in [0, 0.1) is 0 Å². The van der Waals surface area contributed by atoms with Crippen molar-refractivity contribution in [3.05, 3.63) is 288 Å². The summed E-state index contributed by atoms with van der Waals surface area (Å²) in [5, 5.41) is 12.7. The SMILES string of the molecule is C(=C(c1ccccc1)c1ccccc1)c1cccc(-c2ccc3c4ccccc4c4c5cc(-c6cccc(C=C(c7ccccc7)c7ccccc7)c6)ccc5c5ccccc5c4c3c2)c1. The van der Waals surface area contributed by atoms with E-state index in [2.05, 4.69) is 267 Å². The van der Waals surface area contributed by atoms with E-state index in [1.165, 1.54) is 121 Å². The van der Waals surface area contributed by atoms with Gasteiger partial charge in [-0.25, -0.2) is 0 Å². The van der Waals surface area contributed by atoms with Crippen LogP contribution in [0.3, 0.4) is 0 Å². The summed E-state index contributed by atoms with van der Waals surface area (Å²) < 4.78 is 0. The molecule has 0 heterocycles. The molecule has 0 unspecified atom stereocenters. The topological polar surface area (TPSA) is 0 Å². The van der Waals surface area contributed by atoms with Gasteiger partial charge in [0.05, 0.1) is 0 Å². The zero-order valence-corrected chi connectivity index (χ0v) is 36.4. The van der Waals surface area contributed by atoms with Gasteiger partial charge in [0.2, 0.25) is 0 Å². The maximum absolute atomic E-state index is 2.44. The fourth-order valence-electron chi connectivity index (χ4n) is 10.1. The molecule has 0 fully saturated rings. The average molecular weight is 837 g/mol.